The van der Waals surface area contributed by atoms with Crippen molar-refractivity contribution in [3.63, 3.8) is 0 Å². The molecule has 0 atom stereocenters. The van der Waals surface area contributed by atoms with Crippen LogP contribution < -0.4 is 0 Å². The molecule has 0 aromatic carbocycles. The topological polar surface area (TPSA) is 26.3 Å². The molecule has 0 fully saturated rings. The second kappa shape index (κ2) is 12.8. The second-order valence-corrected chi connectivity index (χ2v) is 3.83. The molecule has 0 heterocycles. The summed E-state index contributed by atoms with van der Waals surface area (Å²) in [5, 5.41) is 0. The molecule has 83 valence electrons. The molecule has 14 heavy (non-hydrogen) atoms. The van der Waals surface area contributed by atoms with Crippen molar-refractivity contribution in [1.29, 1.82) is 0 Å². The van der Waals surface area contributed by atoms with E-state index in [0.717, 1.165) is 25.1 Å². The Morgan fingerprint density at radius 3 is 1.86 bits per heavy atom. The third-order valence-corrected chi connectivity index (χ3v) is 2.46. The first-order chi connectivity index (χ1) is 6.91. The molecule has 0 unspecified atom stereocenters. The highest BCUT2D eigenvalue weighted by Gasteiger charge is 1.92. The van der Waals surface area contributed by atoms with E-state index in [-0.39, 0.29) is 0 Å². The van der Waals surface area contributed by atoms with Crippen LogP contribution in [0.15, 0.2) is 0 Å². The maximum atomic E-state index is 9.68. The first kappa shape index (κ1) is 13.8. The Hall–Kier alpha value is -0.240. The minimum absolute atomic E-state index is 0.524. The summed E-state index contributed by atoms with van der Waals surface area (Å²) in [6, 6.07) is 0. The zero-order chi connectivity index (χ0) is 10.5. The van der Waals surface area contributed by atoms with Gasteiger partial charge < -0.3 is 4.74 Å². The lowest BCUT2D eigenvalue weighted by Gasteiger charge is -2.00. The van der Waals surface area contributed by atoms with Gasteiger partial charge in [-0.1, -0.05) is 38.5 Å². The first-order valence-electron chi connectivity index (χ1n) is 5.46. The molecular weight excluding hydrogens is 200 g/mol. The van der Waals surface area contributed by atoms with E-state index in [1.807, 2.05) is 0 Å². The lowest BCUT2D eigenvalue weighted by molar-refractivity contribution is 0.268. The second-order valence-electron chi connectivity index (χ2n) is 3.45. The van der Waals surface area contributed by atoms with Gasteiger partial charge in [0.25, 0.3) is 0 Å². The van der Waals surface area contributed by atoms with Gasteiger partial charge >= 0.3 is 6.47 Å². The van der Waals surface area contributed by atoms with Crippen molar-refractivity contribution in [3.05, 3.63) is 0 Å². The highest BCUT2D eigenvalue weighted by atomic mass is 35.5. The van der Waals surface area contributed by atoms with Gasteiger partial charge in [-0.05, 0) is 12.8 Å². The average molecular weight is 220 g/mol. The van der Waals surface area contributed by atoms with Crippen LogP contribution in [0.2, 0.25) is 0 Å². The van der Waals surface area contributed by atoms with Crippen LogP contribution in [0, 0.1) is 0 Å². The largest absolute Gasteiger partial charge is 0.457 e. The highest BCUT2D eigenvalue weighted by molar-refractivity contribution is 6.17. The minimum atomic E-state index is 0.524. The van der Waals surface area contributed by atoms with Gasteiger partial charge in [-0.2, -0.15) is 0 Å². The van der Waals surface area contributed by atoms with Crippen molar-refractivity contribution in [2.24, 2.45) is 0 Å². The van der Waals surface area contributed by atoms with Crippen LogP contribution in [0.4, 0.5) is 0 Å². The Kier molecular flexibility index (Phi) is 12.5. The van der Waals surface area contributed by atoms with E-state index >= 15 is 0 Å². The van der Waals surface area contributed by atoms with Gasteiger partial charge in [0.2, 0.25) is 0 Å². The molecule has 0 bridgehead atoms. The molecule has 0 aromatic rings. The quantitative estimate of drug-likeness (QED) is 0.393. The molecule has 0 saturated carbocycles. The maximum absolute atomic E-state index is 9.68. The van der Waals surface area contributed by atoms with Crippen LogP contribution in [0.25, 0.3) is 0 Å². The molecule has 0 aliphatic carbocycles. The lowest BCUT2D eigenvalue weighted by atomic mass is 10.1. The molecule has 0 spiro atoms. The molecule has 1 radical (unpaired) electrons. The van der Waals surface area contributed by atoms with Crippen molar-refractivity contribution in [3.8, 4) is 0 Å². The third kappa shape index (κ3) is 11.8. The number of hydrogen-bond acceptors (Lipinski definition) is 2. The van der Waals surface area contributed by atoms with Gasteiger partial charge in [-0.25, -0.2) is 4.79 Å². The van der Waals surface area contributed by atoms with Gasteiger partial charge in [0.1, 0.15) is 0 Å². The summed E-state index contributed by atoms with van der Waals surface area (Å²) >= 11 is 5.57. The third-order valence-electron chi connectivity index (χ3n) is 2.19. The molecule has 0 saturated heterocycles. The van der Waals surface area contributed by atoms with Gasteiger partial charge in [0, 0.05) is 5.88 Å². The maximum Gasteiger partial charge on any atom is 0.417 e. The predicted octanol–water partition coefficient (Wildman–Crippen LogP) is 3.43. The molecule has 3 heteroatoms. The number of carbonyl (C=O) groups excluding carboxylic acids is 1. The zero-order valence-electron chi connectivity index (χ0n) is 8.77. The Bertz CT molecular complexity index is 118. The first-order valence-corrected chi connectivity index (χ1v) is 6.00. The average Bonchev–Trinajstić information content (AvgIpc) is 2.21. The molecule has 0 aliphatic rings. The normalized spacial score (nSPS) is 10.1. The summed E-state index contributed by atoms with van der Waals surface area (Å²) in [7, 11) is 0. The van der Waals surface area contributed by atoms with Crippen LogP contribution in [-0.4, -0.2) is 19.0 Å². The van der Waals surface area contributed by atoms with Crippen molar-refractivity contribution < 1.29 is 9.53 Å². The molecule has 2 nitrogen and oxygen atoms in total. The summed E-state index contributed by atoms with van der Waals surface area (Å²) in [5.74, 6) is 0.791. The van der Waals surface area contributed by atoms with Crippen LogP contribution in [0.3, 0.4) is 0 Å². The fraction of sp³-hybridized carbons (Fsp3) is 0.909. The van der Waals surface area contributed by atoms with E-state index < -0.39 is 0 Å². The number of halogens is 1. The number of rotatable bonds is 11. The summed E-state index contributed by atoms with van der Waals surface area (Å²) in [6.07, 6.45) is 9.64. The molecule has 0 amide bonds. The van der Waals surface area contributed by atoms with E-state index in [2.05, 4.69) is 4.74 Å². The fourth-order valence-corrected chi connectivity index (χ4v) is 1.56. The van der Waals surface area contributed by atoms with E-state index in [1.165, 1.54) is 38.6 Å². The summed E-state index contributed by atoms with van der Waals surface area (Å²) in [6.45, 7) is 1.95. The summed E-state index contributed by atoms with van der Waals surface area (Å²) in [5.41, 5.74) is 0. The smallest absolute Gasteiger partial charge is 0.417 e. The van der Waals surface area contributed by atoms with E-state index in [4.69, 9.17) is 11.6 Å². The van der Waals surface area contributed by atoms with Crippen molar-refractivity contribution in [2.45, 2.75) is 51.4 Å². The number of hydrogen-bond donors (Lipinski definition) is 0. The van der Waals surface area contributed by atoms with Gasteiger partial charge in [0.05, 0.1) is 6.61 Å². The summed E-state index contributed by atoms with van der Waals surface area (Å²) in [4.78, 5) is 9.68. The molecule has 0 rings (SSSR count). The molecular formula is C11H20ClO2. The number of ether oxygens (including phenoxy) is 1. The minimum Gasteiger partial charge on any atom is -0.457 e. The van der Waals surface area contributed by atoms with E-state index in [9.17, 15) is 4.79 Å². The Morgan fingerprint density at radius 2 is 1.36 bits per heavy atom. The molecule has 0 aromatic heterocycles. The fourth-order valence-electron chi connectivity index (χ4n) is 1.37. The van der Waals surface area contributed by atoms with Crippen LogP contribution in [0.5, 0.6) is 0 Å². The standard InChI is InChI=1S/C11H20ClO2/c12-9-7-5-3-1-2-4-6-8-10-14-11-13/h1-10H2. The Morgan fingerprint density at radius 1 is 0.857 bits per heavy atom. The van der Waals surface area contributed by atoms with Crippen molar-refractivity contribution in [1.82, 2.24) is 0 Å². The monoisotopic (exact) mass is 219 g/mol. The van der Waals surface area contributed by atoms with Crippen LogP contribution in [-0.2, 0) is 9.53 Å². The molecule has 0 N–H and O–H groups in total. The van der Waals surface area contributed by atoms with Crippen LogP contribution >= 0.6 is 11.6 Å². The SMILES string of the molecule is O=[C]OCCCCCCCCCCCl. The van der Waals surface area contributed by atoms with E-state index in [0.29, 0.717) is 6.61 Å². The van der Waals surface area contributed by atoms with E-state index in [1.54, 1.807) is 0 Å². The van der Waals surface area contributed by atoms with Gasteiger partial charge in [-0.3, -0.25) is 0 Å². The lowest BCUT2D eigenvalue weighted by Crippen LogP contribution is -1.91. The highest BCUT2D eigenvalue weighted by Crippen LogP contribution is 2.08. The Labute approximate surface area is 92.0 Å². The van der Waals surface area contributed by atoms with Crippen LogP contribution in [0.1, 0.15) is 51.4 Å². The molecule has 0 aliphatic heterocycles. The number of unbranched alkanes of at least 4 members (excludes halogenated alkanes) is 7. The van der Waals surface area contributed by atoms with Crippen molar-refractivity contribution in [2.75, 3.05) is 12.5 Å². The Balaban J connectivity index is 2.81. The van der Waals surface area contributed by atoms with Crippen molar-refractivity contribution >= 4 is 18.1 Å². The number of alkyl halides is 1. The zero-order valence-corrected chi connectivity index (χ0v) is 9.52. The predicted molar refractivity (Wildman–Crippen MR) is 59.3 cm³/mol. The van der Waals surface area contributed by atoms with Gasteiger partial charge in [-0.15, -0.1) is 11.6 Å². The summed E-state index contributed by atoms with van der Waals surface area (Å²) < 4.78 is 4.47. The van der Waals surface area contributed by atoms with Gasteiger partial charge in [0.15, 0.2) is 0 Å².